The predicted octanol–water partition coefficient (Wildman–Crippen LogP) is 0.264. The van der Waals surface area contributed by atoms with E-state index in [1.54, 1.807) is 0 Å². The third-order valence-corrected chi connectivity index (χ3v) is 5.14. The van der Waals surface area contributed by atoms with Crippen molar-refractivity contribution in [3.63, 3.8) is 0 Å². The minimum atomic E-state index is -4.67. The molecule has 25 heavy (non-hydrogen) atoms. The Morgan fingerprint density at radius 1 is 1.32 bits per heavy atom. The second kappa shape index (κ2) is 6.71. The molecule has 0 aromatic heterocycles. The van der Waals surface area contributed by atoms with Crippen LogP contribution < -0.4 is 5.32 Å². The molecule has 1 saturated heterocycles. The third kappa shape index (κ3) is 3.73. The van der Waals surface area contributed by atoms with Crippen LogP contribution in [0, 0.1) is 0 Å². The molecule has 1 heterocycles. The number of Topliss-reactive ketones (excluding diaryl/α,β-unsaturated/α-hetero) is 1. The SMILES string of the molecule is C[C@H]1C(NC(=O)O)C(=O)N1P(=O)(O)OCC(=O)c1ccc(O)c(O)c1. The van der Waals surface area contributed by atoms with Crippen LogP contribution >= 0.6 is 7.75 Å². The molecule has 2 rings (SSSR count). The van der Waals surface area contributed by atoms with Crippen LogP contribution in [0.3, 0.4) is 0 Å². The van der Waals surface area contributed by atoms with Gasteiger partial charge < -0.3 is 25.5 Å². The first-order valence-corrected chi connectivity index (χ1v) is 8.43. The van der Waals surface area contributed by atoms with Gasteiger partial charge in [-0.15, -0.1) is 0 Å². The van der Waals surface area contributed by atoms with Crippen molar-refractivity contribution in [1.82, 2.24) is 9.99 Å². The lowest BCUT2D eigenvalue weighted by atomic mass is 10.0. The Morgan fingerprint density at radius 2 is 1.96 bits per heavy atom. The highest BCUT2D eigenvalue weighted by atomic mass is 31.2. The molecule has 1 fully saturated rings. The topological polar surface area (TPSA) is 174 Å². The maximum Gasteiger partial charge on any atom is 0.435 e. The standard InChI is InChI=1S/C13H15N2O9P/c1-6-11(14-13(20)21)12(19)15(6)25(22,23)24-5-10(18)7-2-3-8(16)9(17)4-7/h2-4,6,11,14,16-17H,5H2,1H3,(H,20,21)(H,22,23)/t6-,11?/m0/s1. The van der Waals surface area contributed by atoms with Crippen molar-refractivity contribution < 1.29 is 43.7 Å². The molecule has 1 aliphatic rings. The quantitative estimate of drug-likeness (QED) is 0.202. The zero-order valence-corrected chi connectivity index (χ0v) is 13.7. The van der Waals surface area contributed by atoms with Gasteiger partial charge in [0.2, 0.25) is 0 Å². The average Bonchev–Trinajstić information content (AvgIpc) is 2.53. The van der Waals surface area contributed by atoms with Gasteiger partial charge in [0, 0.05) is 5.56 Å². The Kier molecular flexibility index (Phi) is 5.02. The zero-order valence-electron chi connectivity index (χ0n) is 12.8. The number of nitrogens with zero attached hydrogens (tertiary/aromatic N) is 1. The van der Waals surface area contributed by atoms with Gasteiger partial charge in [0.05, 0.1) is 6.04 Å². The summed E-state index contributed by atoms with van der Waals surface area (Å²) in [6.45, 7) is 0.472. The molecule has 5 N–H and O–H groups in total. The van der Waals surface area contributed by atoms with Crippen LogP contribution in [-0.4, -0.2) is 61.4 Å². The molecular formula is C13H15N2O9P. The molecule has 1 aromatic rings. The molecule has 3 atom stereocenters. The van der Waals surface area contributed by atoms with E-state index in [4.69, 9.17) is 5.11 Å². The van der Waals surface area contributed by atoms with Crippen LogP contribution in [0.25, 0.3) is 0 Å². The molecule has 1 aromatic carbocycles. The Bertz CT molecular complexity index is 781. The summed E-state index contributed by atoms with van der Waals surface area (Å²) >= 11 is 0. The van der Waals surface area contributed by atoms with Crippen LogP contribution in [0.1, 0.15) is 17.3 Å². The molecule has 0 radical (unpaired) electrons. The zero-order chi connectivity index (χ0) is 18.9. The second-order valence-corrected chi connectivity index (χ2v) is 6.91. The second-order valence-electron chi connectivity index (χ2n) is 5.24. The third-order valence-electron chi connectivity index (χ3n) is 3.57. The number of carboxylic acid groups (broad SMARTS) is 1. The van der Waals surface area contributed by atoms with Crippen LogP contribution in [0.5, 0.6) is 11.5 Å². The molecule has 2 unspecified atom stereocenters. The molecule has 1 aliphatic heterocycles. The summed E-state index contributed by atoms with van der Waals surface area (Å²) in [5.41, 5.74) is -0.0799. The average molecular weight is 374 g/mol. The number of hydrogen-bond donors (Lipinski definition) is 5. The number of benzene rings is 1. The van der Waals surface area contributed by atoms with Crippen molar-refractivity contribution in [3.05, 3.63) is 23.8 Å². The smallest absolute Gasteiger partial charge is 0.435 e. The van der Waals surface area contributed by atoms with Gasteiger partial charge in [-0.05, 0) is 25.1 Å². The summed E-state index contributed by atoms with van der Waals surface area (Å²) < 4.78 is 17.3. The first-order chi connectivity index (χ1) is 11.5. The van der Waals surface area contributed by atoms with E-state index in [9.17, 15) is 34.1 Å². The fraction of sp³-hybridized carbons (Fsp3) is 0.308. The van der Waals surface area contributed by atoms with Crippen molar-refractivity contribution in [2.75, 3.05) is 6.61 Å². The van der Waals surface area contributed by atoms with E-state index in [1.807, 2.05) is 5.32 Å². The van der Waals surface area contributed by atoms with Gasteiger partial charge in [0.15, 0.2) is 17.3 Å². The van der Waals surface area contributed by atoms with Crippen LogP contribution in [-0.2, 0) is 13.9 Å². The van der Waals surface area contributed by atoms with Crippen LogP contribution in [0.4, 0.5) is 4.79 Å². The number of carbonyl (C=O) groups excluding carboxylic acids is 2. The molecule has 0 bridgehead atoms. The van der Waals surface area contributed by atoms with Crippen molar-refractivity contribution in [3.8, 4) is 11.5 Å². The minimum absolute atomic E-state index is 0.0799. The Hall–Kier alpha value is -2.62. The highest BCUT2D eigenvalue weighted by molar-refractivity contribution is 7.51. The molecule has 136 valence electrons. The largest absolute Gasteiger partial charge is 0.504 e. The Balaban J connectivity index is 2.01. The summed E-state index contributed by atoms with van der Waals surface area (Å²) in [6, 6.07) is 1.07. The van der Waals surface area contributed by atoms with Crippen LogP contribution in [0.15, 0.2) is 18.2 Å². The number of rotatable bonds is 6. The van der Waals surface area contributed by atoms with Crippen molar-refractivity contribution >= 4 is 25.5 Å². The summed E-state index contributed by atoms with van der Waals surface area (Å²) in [7, 11) is -4.67. The molecule has 12 heteroatoms. The van der Waals surface area contributed by atoms with Gasteiger partial charge in [-0.3, -0.25) is 14.1 Å². The van der Waals surface area contributed by atoms with E-state index < -0.39 is 55.7 Å². The van der Waals surface area contributed by atoms with Crippen molar-refractivity contribution in [2.24, 2.45) is 0 Å². The predicted molar refractivity (Wildman–Crippen MR) is 81.1 cm³/mol. The first-order valence-electron chi connectivity index (χ1n) is 6.90. The highest BCUT2D eigenvalue weighted by Gasteiger charge is 2.54. The fourth-order valence-corrected chi connectivity index (χ4v) is 3.64. The molecule has 0 saturated carbocycles. The highest BCUT2D eigenvalue weighted by Crippen LogP contribution is 2.52. The fourth-order valence-electron chi connectivity index (χ4n) is 2.26. The number of phenols is 2. The molecule has 11 nitrogen and oxygen atoms in total. The van der Waals surface area contributed by atoms with Gasteiger partial charge in [0.1, 0.15) is 12.6 Å². The Morgan fingerprint density at radius 3 is 2.48 bits per heavy atom. The number of hydrogen-bond acceptors (Lipinski definition) is 7. The summed E-state index contributed by atoms with van der Waals surface area (Å²) in [5, 5.41) is 29.0. The number of ketones is 1. The lowest BCUT2D eigenvalue weighted by Crippen LogP contribution is -2.68. The normalized spacial score (nSPS) is 22.0. The number of phenolic OH excluding ortho intramolecular Hbond substituents is 2. The maximum absolute atomic E-state index is 12.1. The van der Waals surface area contributed by atoms with Crippen molar-refractivity contribution in [2.45, 2.75) is 19.0 Å². The van der Waals surface area contributed by atoms with Gasteiger partial charge in [-0.25, -0.2) is 14.0 Å². The molecule has 0 aliphatic carbocycles. The van der Waals surface area contributed by atoms with E-state index in [0.29, 0.717) is 4.67 Å². The Labute approximate surface area is 141 Å². The summed E-state index contributed by atoms with van der Waals surface area (Å²) in [5.74, 6) is -2.71. The lowest BCUT2D eigenvalue weighted by Gasteiger charge is -2.45. The molecule has 0 spiro atoms. The van der Waals surface area contributed by atoms with Crippen LogP contribution in [0.2, 0.25) is 0 Å². The number of carbonyl (C=O) groups is 3. The van der Waals surface area contributed by atoms with Crippen molar-refractivity contribution in [1.29, 1.82) is 0 Å². The summed E-state index contributed by atoms with van der Waals surface area (Å²) in [4.78, 5) is 44.1. The van der Waals surface area contributed by atoms with Gasteiger partial charge >= 0.3 is 13.8 Å². The monoisotopic (exact) mass is 374 g/mol. The number of nitrogens with one attached hydrogen (secondary N) is 1. The van der Waals surface area contributed by atoms with Gasteiger partial charge in [0.25, 0.3) is 5.91 Å². The van der Waals surface area contributed by atoms with E-state index in [2.05, 4.69) is 4.52 Å². The molecule has 2 amide bonds. The number of β-lactam (4-membered cyclic amide) rings is 1. The van der Waals surface area contributed by atoms with E-state index in [0.717, 1.165) is 12.1 Å². The molecular weight excluding hydrogens is 359 g/mol. The van der Waals surface area contributed by atoms with Gasteiger partial charge in [-0.2, -0.15) is 0 Å². The maximum atomic E-state index is 12.1. The number of amides is 2. The number of aromatic hydroxyl groups is 2. The van der Waals surface area contributed by atoms with Gasteiger partial charge in [-0.1, -0.05) is 0 Å². The van der Waals surface area contributed by atoms with E-state index in [-0.39, 0.29) is 5.56 Å². The minimum Gasteiger partial charge on any atom is -0.504 e. The van der Waals surface area contributed by atoms with E-state index in [1.165, 1.54) is 13.0 Å². The van der Waals surface area contributed by atoms with E-state index >= 15 is 0 Å². The lowest BCUT2D eigenvalue weighted by molar-refractivity contribution is -0.142. The summed E-state index contributed by atoms with van der Waals surface area (Å²) in [6.07, 6.45) is -1.46. The first kappa shape index (κ1) is 18.7.